The van der Waals surface area contributed by atoms with Crippen molar-refractivity contribution in [3.05, 3.63) is 29.3 Å². The molecule has 0 amide bonds. The number of ether oxygens (including phenoxy) is 2. The minimum absolute atomic E-state index is 0.0486. The fourth-order valence-corrected chi connectivity index (χ4v) is 2.01. The van der Waals surface area contributed by atoms with Crippen LogP contribution in [0.4, 0.5) is 0 Å². The van der Waals surface area contributed by atoms with Crippen molar-refractivity contribution in [2.45, 2.75) is 25.8 Å². The fourth-order valence-electron chi connectivity index (χ4n) is 2.01. The van der Waals surface area contributed by atoms with Crippen molar-refractivity contribution in [2.75, 3.05) is 19.8 Å². The Morgan fingerprint density at radius 2 is 2.41 bits per heavy atom. The predicted octanol–water partition coefficient (Wildman–Crippen LogP) is 1.55. The molecule has 0 fully saturated rings. The van der Waals surface area contributed by atoms with Gasteiger partial charge < -0.3 is 9.47 Å². The van der Waals surface area contributed by atoms with Gasteiger partial charge in [-0.25, -0.2) is 0 Å². The quantitative estimate of drug-likeness (QED) is 0.447. The summed E-state index contributed by atoms with van der Waals surface area (Å²) in [6, 6.07) is 6.26. The molecule has 17 heavy (non-hydrogen) atoms. The molecule has 0 saturated carbocycles. The summed E-state index contributed by atoms with van der Waals surface area (Å²) in [6.07, 6.45) is 2.01. The lowest BCUT2D eigenvalue weighted by Gasteiger charge is -2.17. The number of fused-ring (bicyclic) bond motifs is 1. The van der Waals surface area contributed by atoms with E-state index in [-0.39, 0.29) is 6.04 Å². The fraction of sp³-hybridized carbons (Fsp3) is 0.538. The second-order valence-corrected chi connectivity index (χ2v) is 4.26. The monoisotopic (exact) mass is 236 g/mol. The second kappa shape index (κ2) is 6.00. The van der Waals surface area contributed by atoms with E-state index in [0.717, 1.165) is 37.4 Å². The molecule has 0 saturated heterocycles. The average Bonchev–Trinajstić information content (AvgIpc) is 2.82. The van der Waals surface area contributed by atoms with Gasteiger partial charge in [0.15, 0.2) is 0 Å². The maximum atomic E-state index is 5.57. The number of benzene rings is 1. The van der Waals surface area contributed by atoms with Crippen LogP contribution < -0.4 is 16.0 Å². The van der Waals surface area contributed by atoms with Crippen LogP contribution in [0, 0.1) is 0 Å². The molecule has 1 unspecified atom stereocenters. The van der Waals surface area contributed by atoms with E-state index in [4.69, 9.17) is 15.3 Å². The van der Waals surface area contributed by atoms with Crippen LogP contribution in [0.1, 0.15) is 30.5 Å². The number of hydrogen-bond donors (Lipinski definition) is 2. The maximum absolute atomic E-state index is 5.57. The summed E-state index contributed by atoms with van der Waals surface area (Å²) < 4.78 is 11.0. The minimum atomic E-state index is 0.0486. The molecule has 1 aliphatic heterocycles. The summed E-state index contributed by atoms with van der Waals surface area (Å²) in [7, 11) is 0. The van der Waals surface area contributed by atoms with Gasteiger partial charge in [0.1, 0.15) is 5.75 Å². The van der Waals surface area contributed by atoms with Gasteiger partial charge in [0.05, 0.1) is 19.3 Å². The smallest absolute Gasteiger partial charge is 0.122 e. The summed E-state index contributed by atoms with van der Waals surface area (Å²) in [5.41, 5.74) is 5.22. The molecule has 1 aromatic rings. The van der Waals surface area contributed by atoms with Crippen molar-refractivity contribution in [3.8, 4) is 5.75 Å². The Morgan fingerprint density at radius 1 is 1.53 bits per heavy atom. The first kappa shape index (κ1) is 12.4. The SMILES string of the molecule is CCCOCC(NN)c1ccc2c(c1)CCO2. The minimum Gasteiger partial charge on any atom is -0.493 e. The molecule has 4 nitrogen and oxygen atoms in total. The van der Waals surface area contributed by atoms with Crippen molar-refractivity contribution in [3.63, 3.8) is 0 Å². The van der Waals surface area contributed by atoms with Gasteiger partial charge in [0, 0.05) is 13.0 Å². The van der Waals surface area contributed by atoms with Crippen LogP contribution in [-0.4, -0.2) is 19.8 Å². The third-order valence-electron chi connectivity index (χ3n) is 2.95. The Balaban J connectivity index is 2.03. The average molecular weight is 236 g/mol. The zero-order valence-corrected chi connectivity index (χ0v) is 10.2. The largest absolute Gasteiger partial charge is 0.493 e. The van der Waals surface area contributed by atoms with Gasteiger partial charge >= 0.3 is 0 Å². The van der Waals surface area contributed by atoms with Crippen LogP contribution in [0.2, 0.25) is 0 Å². The third-order valence-corrected chi connectivity index (χ3v) is 2.95. The van der Waals surface area contributed by atoms with Gasteiger partial charge in [0.2, 0.25) is 0 Å². The normalized spacial score (nSPS) is 15.4. The standard InChI is InChI=1S/C13H20N2O2/c1-2-6-16-9-12(15-14)10-3-4-13-11(8-10)5-7-17-13/h3-4,8,12,15H,2,5-7,9,14H2,1H3. The van der Waals surface area contributed by atoms with Crippen molar-refractivity contribution in [1.29, 1.82) is 0 Å². The predicted molar refractivity (Wildman–Crippen MR) is 66.8 cm³/mol. The van der Waals surface area contributed by atoms with E-state index in [1.54, 1.807) is 0 Å². The second-order valence-electron chi connectivity index (χ2n) is 4.26. The van der Waals surface area contributed by atoms with E-state index in [0.29, 0.717) is 6.61 Å². The lowest BCUT2D eigenvalue weighted by Crippen LogP contribution is -2.31. The van der Waals surface area contributed by atoms with E-state index in [1.165, 1.54) is 5.56 Å². The first-order chi connectivity index (χ1) is 8.35. The highest BCUT2D eigenvalue weighted by Gasteiger charge is 2.16. The van der Waals surface area contributed by atoms with E-state index in [2.05, 4.69) is 18.4 Å². The summed E-state index contributed by atoms with van der Waals surface area (Å²) in [5.74, 6) is 6.57. The Morgan fingerprint density at radius 3 is 3.18 bits per heavy atom. The van der Waals surface area contributed by atoms with Crippen LogP contribution in [0.15, 0.2) is 18.2 Å². The van der Waals surface area contributed by atoms with Crippen LogP contribution in [0.5, 0.6) is 5.75 Å². The van der Waals surface area contributed by atoms with Crippen molar-refractivity contribution in [1.82, 2.24) is 5.43 Å². The Bertz CT molecular complexity index is 368. The van der Waals surface area contributed by atoms with E-state index in [1.807, 2.05) is 12.1 Å². The first-order valence-corrected chi connectivity index (χ1v) is 6.14. The Labute approximate surface area is 102 Å². The lowest BCUT2D eigenvalue weighted by atomic mass is 10.0. The molecule has 3 N–H and O–H groups in total. The summed E-state index contributed by atoms with van der Waals surface area (Å²) in [5, 5.41) is 0. The molecule has 2 rings (SSSR count). The third kappa shape index (κ3) is 2.97. The molecule has 1 aromatic carbocycles. The molecule has 0 aliphatic carbocycles. The zero-order chi connectivity index (χ0) is 12.1. The van der Waals surface area contributed by atoms with Crippen molar-refractivity contribution < 1.29 is 9.47 Å². The summed E-state index contributed by atoms with van der Waals surface area (Å²) in [4.78, 5) is 0. The molecule has 1 atom stereocenters. The van der Waals surface area contributed by atoms with Gasteiger partial charge in [-0.1, -0.05) is 19.1 Å². The Kier molecular flexibility index (Phi) is 4.36. The van der Waals surface area contributed by atoms with Gasteiger partial charge in [0.25, 0.3) is 0 Å². The molecule has 0 aromatic heterocycles. The van der Waals surface area contributed by atoms with E-state index in [9.17, 15) is 0 Å². The number of nitrogens with one attached hydrogen (secondary N) is 1. The molecule has 0 radical (unpaired) electrons. The van der Waals surface area contributed by atoms with Crippen LogP contribution in [-0.2, 0) is 11.2 Å². The highest BCUT2D eigenvalue weighted by atomic mass is 16.5. The zero-order valence-electron chi connectivity index (χ0n) is 10.2. The van der Waals surface area contributed by atoms with Crippen LogP contribution in [0.25, 0.3) is 0 Å². The number of hydrogen-bond acceptors (Lipinski definition) is 4. The lowest BCUT2D eigenvalue weighted by molar-refractivity contribution is 0.112. The number of rotatable bonds is 6. The molecule has 0 spiro atoms. The highest BCUT2D eigenvalue weighted by Crippen LogP contribution is 2.28. The van der Waals surface area contributed by atoms with Crippen molar-refractivity contribution in [2.24, 2.45) is 5.84 Å². The topological polar surface area (TPSA) is 56.5 Å². The first-order valence-electron chi connectivity index (χ1n) is 6.14. The van der Waals surface area contributed by atoms with Gasteiger partial charge in [-0.2, -0.15) is 0 Å². The molecular formula is C13H20N2O2. The molecule has 4 heteroatoms. The van der Waals surface area contributed by atoms with Crippen LogP contribution >= 0.6 is 0 Å². The molecule has 0 bridgehead atoms. The van der Waals surface area contributed by atoms with Crippen LogP contribution in [0.3, 0.4) is 0 Å². The van der Waals surface area contributed by atoms with Gasteiger partial charge in [-0.15, -0.1) is 0 Å². The summed E-state index contributed by atoms with van der Waals surface area (Å²) >= 11 is 0. The molecular weight excluding hydrogens is 216 g/mol. The van der Waals surface area contributed by atoms with Gasteiger partial charge in [-0.3, -0.25) is 11.3 Å². The highest BCUT2D eigenvalue weighted by molar-refractivity contribution is 5.40. The Hall–Kier alpha value is -1.10. The summed E-state index contributed by atoms with van der Waals surface area (Å²) in [6.45, 7) is 4.25. The van der Waals surface area contributed by atoms with Gasteiger partial charge in [-0.05, 0) is 23.6 Å². The maximum Gasteiger partial charge on any atom is 0.122 e. The number of nitrogens with two attached hydrogens (primary N) is 1. The van der Waals surface area contributed by atoms with E-state index < -0.39 is 0 Å². The van der Waals surface area contributed by atoms with E-state index >= 15 is 0 Å². The molecule has 1 aliphatic rings. The molecule has 94 valence electrons. The number of hydrazine groups is 1. The molecule has 1 heterocycles. The van der Waals surface area contributed by atoms with Crippen molar-refractivity contribution >= 4 is 0 Å².